The largest absolute Gasteiger partial charge is 0.496 e. The number of hydrogen-bond acceptors (Lipinski definition) is 4. The van der Waals surface area contributed by atoms with Gasteiger partial charge in [0.05, 0.1) is 27.3 Å². The first kappa shape index (κ1) is 21.8. The smallest absolute Gasteiger partial charge is 0.387 e. The fraction of sp³-hybridized carbons (Fsp3) is 0.348. The van der Waals surface area contributed by atoms with Crippen LogP contribution in [0.5, 0.6) is 17.2 Å². The molecule has 0 radical (unpaired) electrons. The van der Waals surface area contributed by atoms with Crippen LogP contribution in [-0.2, 0) is 6.54 Å². The van der Waals surface area contributed by atoms with Crippen LogP contribution in [0, 0.1) is 0 Å². The Morgan fingerprint density at radius 3 is 2.40 bits per heavy atom. The molecule has 3 rings (SSSR count). The second-order valence-corrected chi connectivity index (χ2v) is 7.15. The molecular weight excluding hydrogens is 392 g/mol. The summed E-state index contributed by atoms with van der Waals surface area (Å²) < 4.78 is 39.9. The van der Waals surface area contributed by atoms with Gasteiger partial charge in [-0.2, -0.15) is 8.78 Å². The maximum atomic E-state index is 12.7. The molecule has 30 heavy (non-hydrogen) atoms. The van der Waals surface area contributed by atoms with E-state index in [9.17, 15) is 13.6 Å². The fourth-order valence-electron chi connectivity index (χ4n) is 3.64. The molecule has 0 amide bonds. The lowest BCUT2D eigenvalue weighted by Crippen LogP contribution is -3.08. The normalized spacial score (nSPS) is 14.4. The van der Waals surface area contributed by atoms with Gasteiger partial charge < -0.3 is 19.1 Å². The number of nitrogens with one attached hydrogen (secondary N) is 1. The molecule has 5 nitrogen and oxygen atoms in total. The topological polar surface area (TPSA) is 49.2 Å². The van der Waals surface area contributed by atoms with Crippen LogP contribution in [0.4, 0.5) is 8.78 Å². The van der Waals surface area contributed by atoms with Crippen LogP contribution < -0.4 is 19.1 Å². The molecule has 0 atom stereocenters. The van der Waals surface area contributed by atoms with E-state index in [1.165, 1.54) is 43.1 Å². The fourth-order valence-corrected chi connectivity index (χ4v) is 3.64. The molecule has 160 valence electrons. The highest BCUT2D eigenvalue weighted by atomic mass is 19.3. The molecule has 1 aliphatic rings. The predicted molar refractivity (Wildman–Crippen MR) is 110 cm³/mol. The van der Waals surface area contributed by atoms with E-state index in [4.69, 9.17) is 9.47 Å². The molecule has 1 fully saturated rings. The van der Waals surface area contributed by atoms with Crippen LogP contribution >= 0.6 is 0 Å². The number of ether oxygens (including phenoxy) is 3. The molecule has 0 bridgehead atoms. The van der Waals surface area contributed by atoms with Crippen LogP contribution in [0.2, 0.25) is 0 Å². The van der Waals surface area contributed by atoms with Gasteiger partial charge in [0, 0.05) is 24.0 Å². The van der Waals surface area contributed by atoms with E-state index in [0.29, 0.717) is 11.1 Å². The maximum Gasteiger partial charge on any atom is 0.387 e. The lowest BCUT2D eigenvalue weighted by Gasteiger charge is -2.15. The average molecular weight is 418 g/mol. The number of quaternary nitrogens is 1. The van der Waals surface area contributed by atoms with Crippen LogP contribution in [0.15, 0.2) is 42.5 Å². The summed E-state index contributed by atoms with van der Waals surface area (Å²) in [7, 11) is 3.00. The SMILES string of the molecule is COc1ccc(C(=O)/C=C/c2ccc(OC(F)F)c(OC)c2)cc1C[NH+]1CCCC1. The summed E-state index contributed by atoms with van der Waals surface area (Å²) in [6.45, 7) is 0.160. The van der Waals surface area contributed by atoms with Gasteiger partial charge in [-0.1, -0.05) is 12.1 Å². The third-order valence-electron chi connectivity index (χ3n) is 5.15. The Morgan fingerprint density at radius 2 is 1.73 bits per heavy atom. The highest BCUT2D eigenvalue weighted by Gasteiger charge is 2.19. The van der Waals surface area contributed by atoms with E-state index in [1.807, 2.05) is 12.1 Å². The van der Waals surface area contributed by atoms with Gasteiger partial charge in [-0.15, -0.1) is 0 Å². The lowest BCUT2D eigenvalue weighted by molar-refractivity contribution is -0.901. The monoisotopic (exact) mass is 418 g/mol. The summed E-state index contributed by atoms with van der Waals surface area (Å²) in [5, 5.41) is 0. The first-order chi connectivity index (χ1) is 14.5. The van der Waals surface area contributed by atoms with E-state index in [0.717, 1.165) is 30.9 Å². The van der Waals surface area contributed by atoms with Crippen LogP contribution in [0.25, 0.3) is 6.08 Å². The van der Waals surface area contributed by atoms with Crippen molar-refractivity contribution < 1.29 is 32.7 Å². The van der Waals surface area contributed by atoms with E-state index in [-0.39, 0.29) is 17.3 Å². The summed E-state index contributed by atoms with van der Waals surface area (Å²) in [6.07, 6.45) is 5.52. The molecule has 2 aromatic carbocycles. The van der Waals surface area contributed by atoms with Gasteiger partial charge in [0.15, 0.2) is 17.3 Å². The molecule has 0 aromatic heterocycles. The van der Waals surface area contributed by atoms with Gasteiger partial charge in [-0.25, -0.2) is 0 Å². The second-order valence-electron chi connectivity index (χ2n) is 7.15. The highest BCUT2D eigenvalue weighted by molar-refractivity contribution is 6.07. The number of methoxy groups -OCH3 is 2. The van der Waals surface area contributed by atoms with Crippen LogP contribution in [-0.4, -0.2) is 39.7 Å². The van der Waals surface area contributed by atoms with Crippen molar-refractivity contribution in [1.82, 2.24) is 0 Å². The zero-order valence-electron chi connectivity index (χ0n) is 17.1. The van der Waals surface area contributed by atoms with Crippen molar-refractivity contribution in [3.8, 4) is 17.2 Å². The minimum absolute atomic E-state index is 0.0554. The molecule has 0 aliphatic carbocycles. The molecule has 1 saturated heterocycles. The molecule has 2 aromatic rings. The second kappa shape index (κ2) is 10.2. The molecule has 0 spiro atoms. The van der Waals surface area contributed by atoms with Crippen LogP contribution in [0.3, 0.4) is 0 Å². The summed E-state index contributed by atoms with van der Waals surface area (Å²) in [6, 6.07) is 9.97. The van der Waals surface area contributed by atoms with E-state index in [1.54, 1.807) is 25.3 Å². The Kier molecular flexibility index (Phi) is 7.41. The number of ketones is 1. The molecular formula is C23H26F2NO4+. The average Bonchev–Trinajstić information content (AvgIpc) is 3.25. The molecule has 0 saturated carbocycles. The molecule has 7 heteroatoms. The van der Waals surface area contributed by atoms with E-state index < -0.39 is 6.61 Å². The highest BCUT2D eigenvalue weighted by Crippen LogP contribution is 2.30. The van der Waals surface area contributed by atoms with E-state index in [2.05, 4.69) is 4.74 Å². The molecule has 1 heterocycles. The number of allylic oxidation sites excluding steroid dienone is 1. The third kappa shape index (κ3) is 5.57. The Balaban J connectivity index is 1.75. The van der Waals surface area contributed by atoms with Crippen molar-refractivity contribution >= 4 is 11.9 Å². The Bertz CT molecular complexity index is 908. The standard InChI is InChI=1S/C23H25F2NO4/c1-28-20-10-7-17(14-18(20)15-26-11-3-4-12-26)19(27)8-5-16-6-9-21(30-23(24)25)22(13-16)29-2/h5-10,13-14,23H,3-4,11-12,15H2,1-2H3/p+1/b8-5+. The predicted octanol–water partition coefficient (Wildman–Crippen LogP) is 3.38. The number of alkyl halides is 2. The van der Waals surface area contributed by atoms with Crippen LogP contribution in [0.1, 0.15) is 34.3 Å². The number of rotatable bonds is 9. The lowest BCUT2D eigenvalue weighted by atomic mass is 10.0. The van der Waals surface area contributed by atoms with Crippen molar-refractivity contribution in [3.05, 3.63) is 59.2 Å². The van der Waals surface area contributed by atoms with Crippen molar-refractivity contribution in [2.45, 2.75) is 26.0 Å². The Hall–Kier alpha value is -2.93. The van der Waals surface area contributed by atoms with Gasteiger partial charge in [-0.3, -0.25) is 4.79 Å². The number of halogens is 2. The van der Waals surface area contributed by atoms with Crippen molar-refractivity contribution in [2.24, 2.45) is 0 Å². The summed E-state index contributed by atoms with van der Waals surface area (Å²) in [5.41, 5.74) is 2.23. The number of likely N-dealkylation sites (tertiary alicyclic amines) is 1. The van der Waals surface area contributed by atoms with E-state index >= 15 is 0 Å². The zero-order chi connectivity index (χ0) is 21.5. The first-order valence-corrected chi connectivity index (χ1v) is 9.86. The van der Waals surface area contributed by atoms with Crippen molar-refractivity contribution in [2.75, 3.05) is 27.3 Å². The minimum atomic E-state index is -2.94. The maximum absolute atomic E-state index is 12.7. The van der Waals surface area contributed by atoms with Gasteiger partial charge in [-0.05, 0) is 42.0 Å². The molecule has 1 N–H and O–H groups in total. The molecule has 0 unspecified atom stereocenters. The Morgan fingerprint density at radius 1 is 1.03 bits per heavy atom. The third-order valence-corrected chi connectivity index (χ3v) is 5.15. The number of carbonyl (C=O) groups excluding carboxylic acids is 1. The quantitative estimate of drug-likeness (QED) is 0.501. The van der Waals surface area contributed by atoms with Gasteiger partial charge in [0.1, 0.15) is 12.3 Å². The first-order valence-electron chi connectivity index (χ1n) is 9.86. The molecule has 1 aliphatic heterocycles. The van der Waals surface area contributed by atoms with Gasteiger partial charge >= 0.3 is 6.61 Å². The number of benzene rings is 2. The zero-order valence-corrected chi connectivity index (χ0v) is 17.1. The van der Waals surface area contributed by atoms with Gasteiger partial charge in [0.2, 0.25) is 0 Å². The minimum Gasteiger partial charge on any atom is -0.496 e. The summed E-state index contributed by atoms with van der Waals surface area (Å²) in [5.74, 6) is 0.752. The number of hydrogen-bond donors (Lipinski definition) is 1. The summed E-state index contributed by atoms with van der Waals surface area (Å²) in [4.78, 5) is 14.2. The van der Waals surface area contributed by atoms with Gasteiger partial charge in [0.25, 0.3) is 0 Å². The van der Waals surface area contributed by atoms with Crippen molar-refractivity contribution in [1.29, 1.82) is 0 Å². The van der Waals surface area contributed by atoms with Crippen molar-refractivity contribution in [3.63, 3.8) is 0 Å². The summed E-state index contributed by atoms with van der Waals surface area (Å²) >= 11 is 0. The number of carbonyl (C=O) groups is 1. The Labute approximate surface area is 174 Å².